The minimum absolute atomic E-state index is 0.00754. The summed E-state index contributed by atoms with van der Waals surface area (Å²) in [5, 5.41) is 3.18. The summed E-state index contributed by atoms with van der Waals surface area (Å²) in [6.07, 6.45) is 4.48. The molecule has 5 nitrogen and oxygen atoms in total. The Kier molecular flexibility index (Phi) is 8.48. The molecule has 1 aromatic rings. The molecule has 2 rings (SSSR count). The van der Waals surface area contributed by atoms with Gasteiger partial charge in [0, 0.05) is 22.9 Å². The fraction of sp³-hybridized carbons (Fsp3) is 0.625. The lowest BCUT2D eigenvalue weighted by atomic mass is 9.82. The Bertz CT molecular complexity index is 776. The monoisotopic (exact) mass is 435 g/mol. The van der Waals surface area contributed by atoms with Crippen LogP contribution in [0, 0.1) is 11.8 Å². The highest BCUT2D eigenvalue weighted by Gasteiger charge is 2.29. The molecule has 1 N–H and O–H groups in total. The minimum Gasteiger partial charge on any atom is -0.444 e. The highest BCUT2D eigenvalue weighted by molar-refractivity contribution is 6.31. The van der Waals surface area contributed by atoms with Crippen molar-refractivity contribution in [2.75, 3.05) is 0 Å². The van der Waals surface area contributed by atoms with Crippen LogP contribution >= 0.6 is 11.6 Å². The largest absolute Gasteiger partial charge is 0.444 e. The van der Waals surface area contributed by atoms with Gasteiger partial charge in [-0.25, -0.2) is 4.79 Å². The van der Waals surface area contributed by atoms with Crippen molar-refractivity contribution in [2.24, 2.45) is 11.8 Å². The van der Waals surface area contributed by atoms with Crippen LogP contribution in [0.3, 0.4) is 0 Å². The van der Waals surface area contributed by atoms with Crippen molar-refractivity contribution >= 4 is 29.3 Å². The lowest BCUT2D eigenvalue weighted by Crippen LogP contribution is -2.47. The molecule has 30 heavy (non-hydrogen) atoms. The number of hydrogen-bond acceptors (Lipinski definition) is 4. The van der Waals surface area contributed by atoms with Gasteiger partial charge in [-0.05, 0) is 57.2 Å². The number of carbonyl (C=O) groups is 3. The molecule has 1 fully saturated rings. The number of halogens is 1. The van der Waals surface area contributed by atoms with Crippen LogP contribution in [0.2, 0.25) is 5.02 Å². The van der Waals surface area contributed by atoms with E-state index in [9.17, 15) is 14.4 Å². The van der Waals surface area contributed by atoms with Gasteiger partial charge >= 0.3 is 6.09 Å². The molecule has 6 heteroatoms. The fourth-order valence-electron chi connectivity index (χ4n) is 3.87. The summed E-state index contributed by atoms with van der Waals surface area (Å²) >= 11 is 6.17. The van der Waals surface area contributed by atoms with Crippen molar-refractivity contribution in [3.63, 3.8) is 0 Å². The number of rotatable bonds is 7. The molecule has 0 unspecified atom stereocenters. The molecule has 0 bridgehead atoms. The van der Waals surface area contributed by atoms with Gasteiger partial charge in [0.15, 0.2) is 11.6 Å². The zero-order valence-electron chi connectivity index (χ0n) is 18.7. The average Bonchev–Trinajstić information content (AvgIpc) is 2.66. The quantitative estimate of drug-likeness (QED) is 0.552. The van der Waals surface area contributed by atoms with E-state index < -0.39 is 17.7 Å². The van der Waals surface area contributed by atoms with Crippen molar-refractivity contribution in [3.05, 3.63) is 34.3 Å². The highest BCUT2D eigenvalue weighted by atomic mass is 35.5. The number of amides is 1. The number of ether oxygens (including phenoxy) is 1. The summed E-state index contributed by atoms with van der Waals surface area (Å²) in [5.41, 5.74) is 0.545. The second-order valence-corrected chi connectivity index (χ2v) is 9.95. The maximum absolute atomic E-state index is 13.1. The SMILES string of the molecule is CC(C)[C@@H](NC(=O)OC(C)(C)C)C(=O)Cc1ccc(Cl)cc1C(=O)C1CCCCC1. The van der Waals surface area contributed by atoms with E-state index >= 15 is 0 Å². The Morgan fingerprint density at radius 1 is 1.13 bits per heavy atom. The first-order valence-corrected chi connectivity index (χ1v) is 11.2. The maximum atomic E-state index is 13.1. The van der Waals surface area contributed by atoms with Crippen LogP contribution < -0.4 is 5.32 Å². The average molecular weight is 436 g/mol. The number of alkyl carbamates (subject to hydrolysis) is 1. The van der Waals surface area contributed by atoms with Crippen LogP contribution in [0.25, 0.3) is 0 Å². The summed E-state index contributed by atoms with van der Waals surface area (Å²) in [6.45, 7) is 9.06. The van der Waals surface area contributed by atoms with Gasteiger partial charge in [-0.2, -0.15) is 0 Å². The van der Waals surface area contributed by atoms with Gasteiger partial charge in [0.25, 0.3) is 0 Å². The molecule has 1 aromatic carbocycles. The lowest BCUT2D eigenvalue weighted by molar-refractivity contribution is -0.121. The van der Waals surface area contributed by atoms with Crippen LogP contribution in [0.5, 0.6) is 0 Å². The molecule has 0 radical (unpaired) electrons. The second-order valence-electron chi connectivity index (χ2n) is 9.51. The van der Waals surface area contributed by atoms with Crippen molar-refractivity contribution in [1.82, 2.24) is 5.32 Å². The van der Waals surface area contributed by atoms with Gasteiger partial charge in [0.1, 0.15) is 5.60 Å². The van der Waals surface area contributed by atoms with Crippen molar-refractivity contribution < 1.29 is 19.1 Å². The van der Waals surface area contributed by atoms with Crippen LogP contribution in [0.15, 0.2) is 18.2 Å². The van der Waals surface area contributed by atoms with Gasteiger partial charge in [0.2, 0.25) is 0 Å². The number of nitrogens with one attached hydrogen (secondary N) is 1. The van der Waals surface area contributed by atoms with Crippen LogP contribution in [-0.4, -0.2) is 29.3 Å². The lowest BCUT2D eigenvalue weighted by Gasteiger charge is -2.25. The molecule has 1 aliphatic carbocycles. The van der Waals surface area contributed by atoms with E-state index in [2.05, 4.69) is 5.32 Å². The van der Waals surface area contributed by atoms with Crippen LogP contribution in [0.4, 0.5) is 4.79 Å². The van der Waals surface area contributed by atoms with Gasteiger partial charge in [0.05, 0.1) is 6.04 Å². The summed E-state index contributed by atoms with van der Waals surface area (Å²) < 4.78 is 5.30. The third-order valence-corrected chi connectivity index (χ3v) is 5.60. The van der Waals surface area contributed by atoms with Gasteiger partial charge in [-0.3, -0.25) is 9.59 Å². The topological polar surface area (TPSA) is 72.5 Å². The summed E-state index contributed by atoms with van der Waals surface area (Å²) in [5.74, 6) is -0.209. The van der Waals surface area contributed by atoms with Gasteiger partial charge in [-0.1, -0.05) is 50.8 Å². The number of Topliss-reactive ketones (excluding diaryl/α,β-unsaturated/α-hetero) is 2. The number of benzene rings is 1. The van der Waals surface area contributed by atoms with E-state index in [-0.39, 0.29) is 29.8 Å². The molecule has 1 saturated carbocycles. The zero-order valence-corrected chi connectivity index (χ0v) is 19.5. The van der Waals surface area contributed by atoms with E-state index in [0.29, 0.717) is 16.1 Å². The first-order chi connectivity index (χ1) is 14.0. The highest BCUT2D eigenvalue weighted by Crippen LogP contribution is 2.29. The normalized spacial score (nSPS) is 16.2. The van der Waals surface area contributed by atoms with Crippen molar-refractivity contribution in [1.29, 1.82) is 0 Å². The Morgan fingerprint density at radius 3 is 2.33 bits per heavy atom. The van der Waals surface area contributed by atoms with Crippen LogP contribution in [0.1, 0.15) is 82.6 Å². The molecule has 166 valence electrons. The predicted molar refractivity (Wildman–Crippen MR) is 119 cm³/mol. The fourth-order valence-corrected chi connectivity index (χ4v) is 4.04. The predicted octanol–water partition coefficient (Wildman–Crippen LogP) is 5.76. The van der Waals surface area contributed by atoms with E-state index in [1.807, 2.05) is 13.8 Å². The standard InChI is InChI=1S/C24H34ClNO4/c1-15(2)21(26-23(29)30-24(3,4)5)20(27)13-17-11-12-18(25)14-19(17)22(28)16-9-7-6-8-10-16/h11-12,14-16,21H,6-10,13H2,1-5H3,(H,26,29)/t21-/m1/s1. The van der Waals surface area contributed by atoms with E-state index in [0.717, 1.165) is 32.1 Å². The molecule has 0 heterocycles. The molecule has 1 amide bonds. The molecule has 0 spiro atoms. The third-order valence-electron chi connectivity index (χ3n) is 5.36. The zero-order chi connectivity index (χ0) is 22.5. The number of ketones is 2. The number of carbonyl (C=O) groups excluding carboxylic acids is 3. The summed E-state index contributed by atoms with van der Waals surface area (Å²) in [7, 11) is 0. The summed E-state index contributed by atoms with van der Waals surface area (Å²) in [6, 6.07) is 4.43. The summed E-state index contributed by atoms with van der Waals surface area (Å²) in [4.78, 5) is 38.4. The van der Waals surface area contributed by atoms with Gasteiger partial charge < -0.3 is 10.1 Å². The Balaban J connectivity index is 2.19. The smallest absolute Gasteiger partial charge is 0.408 e. The Labute approximate surface area is 184 Å². The van der Waals surface area contributed by atoms with E-state index in [1.54, 1.807) is 39.0 Å². The van der Waals surface area contributed by atoms with Crippen molar-refractivity contribution in [2.45, 2.75) is 84.8 Å². The number of hydrogen-bond donors (Lipinski definition) is 1. The van der Waals surface area contributed by atoms with E-state index in [1.165, 1.54) is 0 Å². The first-order valence-electron chi connectivity index (χ1n) is 10.8. The Hall–Kier alpha value is -1.88. The minimum atomic E-state index is -0.701. The molecule has 1 aliphatic rings. The second kappa shape index (κ2) is 10.4. The maximum Gasteiger partial charge on any atom is 0.408 e. The first kappa shape index (κ1) is 24.4. The third kappa shape index (κ3) is 7.12. The molecular formula is C24H34ClNO4. The molecular weight excluding hydrogens is 402 g/mol. The molecule has 0 aromatic heterocycles. The van der Waals surface area contributed by atoms with E-state index in [4.69, 9.17) is 16.3 Å². The van der Waals surface area contributed by atoms with Crippen LogP contribution in [-0.2, 0) is 16.0 Å². The molecule has 1 atom stereocenters. The van der Waals surface area contributed by atoms with Gasteiger partial charge in [-0.15, -0.1) is 0 Å². The molecule has 0 saturated heterocycles. The molecule has 0 aliphatic heterocycles. The van der Waals surface area contributed by atoms with Crippen molar-refractivity contribution in [3.8, 4) is 0 Å². The Morgan fingerprint density at radius 2 is 1.77 bits per heavy atom.